The lowest BCUT2D eigenvalue weighted by Gasteiger charge is -2.18. The molecule has 0 aliphatic rings. The second kappa shape index (κ2) is 5.56. The van der Waals surface area contributed by atoms with Crippen LogP contribution in [0, 0.1) is 5.41 Å². The summed E-state index contributed by atoms with van der Waals surface area (Å²) < 4.78 is 0. The van der Waals surface area contributed by atoms with Crippen LogP contribution in [0.1, 0.15) is 33.6 Å². The van der Waals surface area contributed by atoms with Crippen LogP contribution in [0.5, 0.6) is 0 Å². The molecule has 2 N–H and O–H groups in total. The molecule has 0 aromatic carbocycles. The van der Waals surface area contributed by atoms with Crippen LogP contribution in [0.15, 0.2) is 0 Å². The zero-order valence-electron chi connectivity index (χ0n) is 7.98. The minimum absolute atomic E-state index is 0.317. The van der Waals surface area contributed by atoms with Gasteiger partial charge in [0.15, 0.2) is 0 Å². The van der Waals surface area contributed by atoms with E-state index in [0.717, 1.165) is 25.9 Å². The molecule has 0 heterocycles. The van der Waals surface area contributed by atoms with Crippen LogP contribution >= 0.6 is 0 Å². The van der Waals surface area contributed by atoms with E-state index in [9.17, 15) is 0 Å². The molecule has 0 atom stereocenters. The van der Waals surface area contributed by atoms with Crippen LogP contribution in [0.2, 0.25) is 0 Å². The van der Waals surface area contributed by atoms with E-state index in [1.807, 2.05) is 0 Å². The third kappa shape index (κ3) is 9.92. The molecule has 0 saturated carbocycles. The predicted octanol–water partition coefficient (Wildman–Crippen LogP) is 1.39. The first kappa shape index (κ1) is 10.9. The monoisotopic (exact) mass is 159 g/mol. The molecule has 0 aliphatic carbocycles. The van der Waals surface area contributed by atoms with Gasteiger partial charge in [0.25, 0.3) is 0 Å². The van der Waals surface area contributed by atoms with E-state index in [2.05, 4.69) is 26.1 Å². The summed E-state index contributed by atoms with van der Waals surface area (Å²) in [5.74, 6) is 0. The van der Waals surface area contributed by atoms with E-state index in [-0.39, 0.29) is 0 Å². The summed E-state index contributed by atoms with van der Waals surface area (Å²) in [7, 11) is 0. The summed E-state index contributed by atoms with van der Waals surface area (Å²) in [4.78, 5) is 0. The number of unbranched alkanes of at least 4 members (excludes halogenated alkanes) is 1. The predicted molar refractivity (Wildman–Crippen MR) is 48.6 cm³/mol. The van der Waals surface area contributed by atoms with E-state index >= 15 is 0 Å². The normalized spacial score (nSPS) is 12.0. The van der Waals surface area contributed by atoms with Crippen molar-refractivity contribution < 1.29 is 5.11 Å². The van der Waals surface area contributed by atoms with Gasteiger partial charge in [-0.05, 0) is 31.3 Å². The van der Waals surface area contributed by atoms with Crippen molar-refractivity contribution in [3.8, 4) is 0 Å². The van der Waals surface area contributed by atoms with Gasteiger partial charge >= 0.3 is 0 Å². The Balaban J connectivity index is 3.02. The Kier molecular flexibility index (Phi) is 5.51. The Hall–Kier alpha value is -0.0800. The van der Waals surface area contributed by atoms with Crippen LogP contribution < -0.4 is 5.32 Å². The fourth-order valence-corrected chi connectivity index (χ4v) is 0.825. The summed E-state index contributed by atoms with van der Waals surface area (Å²) in [6.07, 6.45) is 1.99. The molecule has 0 rings (SSSR count). The molecule has 0 radical (unpaired) electrons. The highest BCUT2D eigenvalue weighted by molar-refractivity contribution is 4.64. The molecular weight excluding hydrogens is 138 g/mol. The lowest BCUT2D eigenvalue weighted by atomic mass is 9.97. The van der Waals surface area contributed by atoms with Crippen molar-refractivity contribution in [2.24, 2.45) is 5.41 Å². The third-order valence-corrected chi connectivity index (χ3v) is 1.42. The van der Waals surface area contributed by atoms with Gasteiger partial charge in [0, 0.05) is 6.61 Å². The van der Waals surface area contributed by atoms with Crippen LogP contribution in [0.4, 0.5) is 0 Å². The summed E-state index contributed by atoms with van der Waals surface area (Å²) in [5, 5.41) is 11.8. The van der Waals surface area contributed by atoms with Crippen molar-refractivity contribution in [3.63, 3.8) is 0 Å². The second-order valence-electron chi connectivity index (χ2n) is 4.17. The number of hydrogen-bond acceptors (Lipinski definition) is 2. The highest BCUT2D eigenvalue weighted by Crippen LogP contribution is 2.09. The molecule has 0 aliphatic heterocycles. The smallest absolute Gasteiger partial charge is 0.0431 e. The number of aliphatic hydroxyl groups excluding tert-OH is 1. The van der Waals surface area contributed by atoms with Crippen molar-refractivity contribution in [1.29, 1.82) is 0 Å². The first-order valence-corrected chi connectivity index (χ1v) is 4.38. The van der Waals surface area contributed by atoms with E-state index in [4.69, 9.17) is 5.11 Å². The highest BCUT2D eigenvalue weighted by Gasteiger charge is 2.07. The number of nitrogens with one attached hydrogen (secondary N) is 1. The van der Waals surface area contributed by atoms with Crippen molar-refractivity contribution in [1.82, 2.24) is 5.32 Å². The van der Waals surface area contributed by atoms with Gasteiger partial charge in [0.1, 0.15) is 0 Å². The van der Waals surface area contributed by atoms with Crippen LogP contribution in [-0.2, 0) is 0 Å². The van der Waals surface area contributed by atoms with Crippen LogP contribution in [0.3, 0.4) is 0 Å². The van der Waals surface area contributed by atoms with Crippen LogP contribution in [0.25, 0.3) is 0 Å². The molecule has 2 nitrogen and oxygen atoms in total. The molecule has 11 heavy (non-hydrogen) atoms. The van der Waals surface area contributed by atoms with Gasteiger partial charge in [0.05, 0.1) is 0 Å². The maximum Gasteiger partial charge on any atom is 0.0431 e. The molecular formula is C9H21NO. The zero-order chi connectivity index (χ0) is 8.74. The van der Waals surface area contributed by atoms with E-state index in [0.29, 0.717) is 12.0 Å². The Morgan fingerprint density at radius 1 is 1.18 bits per heavy atom. The fraction of sp³-hybridized carbons (Fsp3) is 1.00. The first-order chi connectivity index (χ1) is 5.06. The highest BCUT2D eigenvalue weighted by atomic mass is 16.2. The lowest BCUT2D eigenvalue weighted by molar-refractivity contribution is 0.281. The van der Waals surface area contributed by atoms with E-state index < -0.39 is 0 Å². The largest absolute Gasteiger partial charge is 0.396 e. The number of hydrogen-bond donors (Lipinski definition) is 2. The van der Waals surface area contributed by atoms with Crippen LogP contribution in [-0.4, -0.2) is 24.8 Å². The van der Waals surface area contributed by atoms with Gasteiger partial charge in [0.2, 0.25) is 0 Å². The molecule has 2 heteroatoms. The third-order valence-electron chi connectivity index (χ3n) is 1.42. The molecule has 0 bridgehead atoms. The van der Waals surface area contributed by atoms with E-state index in [1.165, 1.54) is 0 Å². The zero-order valence-corrected chi connectivity index (χ0v) is 7.98. The molecule has 0 spiro atoms. The Morgan fingerprint density at radius 3 is 2.27 bits per heavy atom. The summed E-state index contributed by atoms with van der Waals surface area (Å²) in [5.41, 5.74) is 0.374. The topological polar surface area (TPSA) is 32.3 Å². The van der Waals surface area contributed by atoms with Crippen molar-refractivity contribution >= 4 is 0 Å². The minimum atomic E-state index is 0.317. The average molecular weight is 159 g/mol. The Bertz CT molecular complexity index is 86.1. The lowest BCUT2D eigenvalue weighted by Crippen LogP contribution is -2.27. The second-order valence-corrected chi connectivity index (χ2v) is 4.17. The van der Waals surface area contributed by atoms with E-state index in [1.54, 1.807) is 0 Å². The molecule has 68 valence electrons. The maximum atomic E-state index is 8.50. The SMILES string of the molecule is CC(C)(C)CNCCCCO. The van der Waals surface area contributed by atoms with Gasteiger partial charge in [-0.1, -0.05) is 20.8 Å². The van der Waals surface area contributed by atoms with Gasteiger partial charge < -0.3 is 10.4 Å². The number of rotatable bonds is 5. The molecule has 0 amide bonds. The molecule has 0 aromatic rings. The summed E-state index contributed by atoms with van der Waals surface area (Å²) in [6, 6.07) is 0. The minimum Gasteiger partial charge on any atom is -0.396 e. The summed E-state index contributed by atoms with van der Waals surface area (Å²) in [6.45, 7) is 9.04. The molecule has 0 saturated heterocycles. The van der Waals surface area contributed by atoms with Gasteiger partial charge in [-0.2, -0.15) is 0 Å². The van der Waals surface area contributed by atoms with Gasteiger partial charge in [-0.15, -0.1) is 0 Å². The quantitative estimate of drug-likeness (QED) is 0.594. The Labute approximate surface area is 70.0 Å². The average Bonchev–Trinajstić information content (AvgIpc) is 1.85. The molecule has 0 aromatic heterocycles. The molecule has 0 unspecified atom stereocenters. The standard InChI is InChI=1S/C9H21NO/c1-9(2,3)8-10-6-4-5-7-11/h10-11H,4-8H2,1-3H3. The van der Waals surface area contributed by atoms with Gasteiger partial charge in [-0.3, -0.25) is 0 Å². The Morgan fingerprint density at radius 2 is 1.82 bits per heavy atom. The molecule has 0 fully saturated rings. The first-order valence-electron chi connectivity index (χ1n) is 4.38. The van der Waals surface area contributed by atoms with Crippen molar-refractivity contribution in [3.05, 3.63) is 0 Å². The van der Waals surface area contributed by atoms with Crippen molar-refractivity contribution in [2.75, 3.05) is 19.7 Å². The number of aliphatic hydroxyl groups is 1. The summed E-state index contributed by atoms with van der Waals surface area (Å²) >= 11 is 0. The van der Waals surface area contributed by atoms with Crippen molar-refractivity contribution in [2.45, 2.75) is 33.6 Å². The fourth-order valence-electron chi connectivity index (χ4n) is 0.825. The maximum absolute atomic E-state index is 8.50. The van der Waals surface area contributed by atoms with Gasteiger partial charge in [-0.25, -0.2) is 0 Å².